The molecule has 2 rings (SSSR count). The summed E-state index contributed by atoms with van der Waals surface area (Å²) in [6, 6.07) is 8.18. The van der Waals surface area contributed by atoms with Crippen LogP contribution in [0.2, 0.25) is 5.02 Å². The van der Waals surface area contributed by atoms with Crippen molar-refractivity contribution >= 4 is 17.4 Å². The fraction of sp³-hybridized carbons (Fsp3) is 0.462. The van der Waals surface area contributed by atoms with E-state index < -0.39 is 0 Å². The fourth-order valence-corrected chi connectivity index (χ4v) is 2.32. The van der Waals surface area contributed by atoms with E-state index in [9.17, 15) is 0 Å². The maximum Gasteiger partial charge on any atom is 0.123 e. The Morgan fingerprint density at radius 2 is 2.20 bits per heavy atom. The highest BCUT2D eigenvalue weighted by atomic mass is 35.5. The lowest BCUT2D eigenvalue weighted by Crippen LogP contribution is -2.48. The molecule has 6 nitrogen and oxygen atoms in total. The second-order valence-electron chi connectivity index (χ2n) is 4.83. The number of nitrogens with two attached hydrogens (primary N) is 2. The monoisotopic (exact) mass is 297 g/mol. The highest BCUT2D eigenvalue weighted by Crippen LogP contribution is 2.13. The van der Waals surface area contributed by atoms with Crippen LogP contribution in [0.1, 0.15) is 12.0 Å². The Bertz CT molecular complexity index is 443. The van der Waals surface area contributed by atoms with Crippen molar-refractivity contribution in [1.82, 2.24) is 10.9 Å². The average molecular weight is 298 g/mol. The van der Waals surface area contributed by atoms with Crippen LogP contribution in [0.15, 0.2) is 29.4 Å². The molecule has 2 unspecified atom stereocenters. The highest BCUT2D eigenvalue weighted by molar-refractivity contribution is 6.30. The lowest BCUT2D eigenvalue weighted by atomic mass is 10.0. The van der Waals surface area contributed by atoms with Gasteiger partial charge in [0.2, 0.25) is 0 Å². The standard InChI is InChI=1S/C13H20ClN5O/c14-10-3-1-9(2-4-10)5-11-8-20-12(7-17-11)6-13(15)18-19-16/h1-4,11-12,17,19H,5-8,16H2,(H2,15,18). The first-order chi connectivity index (χ1) is 9.67. The van der Waals surface area contributed by atoms with Crippen molar-refractivity contribution in [2.45, 2.75) is 25.0 Å². The van der Waals surface area contributed by atoms with Crippen LogP contribution in [-0.2, 0) is 11.2 Å². The minimum atomic E-state index is 0.0357. The molecule has 2 atom stereocenters. The molecule has 0 aliphatic carbocycles. The maximum atomic E-state index is 5.87. The number of amidine groups is 1. The first-order valence-corrected chi connectivity index (χ1v) is 6.92. The van der Waals surface area contributed by atoms with Gasteiger partial charge in [-0.25, -0.2) is 11.4 Å². The molecular formula is C13H20ClN5O. The Labute approximate surface area is 123 Å². The van der Waals surface area contributed by atoms with Crippen LogP contribution in [0.4, 0.5) is 0 Å². The molecule has 0 saturated carbocycles. The maximum absolute atomic E-state index is 5.87. The summed E-state index contributed by atoms with van der Waals surface area (Å²) in [4.78, 5) is 0. The van der Waals surface area contributed by atoms with Gasteiger partial charge in [0, 0.05) is 24.0 Å². The third-order valence-electron chi connectivity index (χ3n) is 3.21. The summed E-state index contributed by atoms with van der Waals surface area (Å²) in [5.74, 6) is 5.51. The van der Waals surface area contributed by atoms with Gasteiger partial charge in [-0.1, -0.05) is 23.7 Å². The van der Waals surface area contributed by atoms with Crippen LogP contribution in [0.25, 0.3) is 0 Å². The summed E-state index contributed by atoms with van der Waals surface area (Å²) in [5.41, 5.74) is 9.09. The summed E-state index contributed by atoms with van der Waals surface area (Å²) in [5, 5.41) is 7.93. The molecule has 7 heteroatoms. The lowest BCUT2D eigenvalue weighted by molar-refractivity contribution is 0.00866. The Kier molecular flexibility index (Phi) is 5.60. The molecule has 6 N–H and O–H groups in total. The summed E-state index contributed by atoms with van der Waals surface area (Å²) >= 11 is 5.87. The number of halogens is 1. The second kappa shape index (κ2) is 7.44. The van der Waals surface area contributed by atoms with Gasteiger partial charge in [0.15, 0.2) is 0 Å². The third kappa shape index (κ3) is 4.64. The number of hydrogen-bond acceptors (Lipinski definition) is 5. The Morgan fingerprint density at radius 3 is 2.80 bits per heavy atom. The van der Waals surface area contributed by atoms with E-state index in [4.69, 9.17) is 27.9 Å². The Hall–Kier alpha value is -1.34. The number of hydrazine groups is 1. The smallest absolute Gasteiger partial charge is 0.123 e. The summed E-state index contributed by atoms with van der Waals surface area (Å²) in [7, 11) is 0. The van der Waals surface area contributed by atoms with Crippen LogP contribution in [-0.4, -0.2) is 31.1 Å². The van der Waals surface area contributed by atoms with Crippen LogP contribution in [0.3, 0.4) is 0 Å². The van der Waals surface area contributed by atoms with E-state index in [1.165, 1.54) is 5.56 Å². The van der Waals surface area contributed by atoms with Crippen molar-refractivity contribution in [2.75, 3.05) is 13.2 Å². The van der Waals surface area contributed by atoms with Crippen LogP contribution in [0, 0.1) is 0 Å². The van der Waals surface area contributed by atoms with Crippen molar-refractivity contribution in [2.24, 2.45) is 16.7 Å². The van der Waals surface area contributed by atoms with E-state index in [0.717, 1.165) is 18.0 Å². The summed E-state index contributed by atoms with van der Waals surface area (Å²) < 4.78 is 5.79. The zero-order valence-electron chi connectivity index (χ0n) is 11.2. The van der Waals surface area contributed by atoms with Gasteiger partial charge in [0.05, 0.1) is 12.7 Å². The average Bonchev–Trinajstić information content (AvgIpc) is 2.44. The molecule has 0 bridgehead atoms. The molecule has 1 aliphatic rings. The second-order valence-corrected chi connectivity index (χ2v) is 5.26. The van der Waals surface area contributed by atoms with E-state index in [2.05, 4.69) is 16.0 Å². The highest BCUT2D eigenvalue weighted by Gasteiger charge is 2.22. The van der Waals surface area contributed by atoms with Crippen molar-refractivity contribution in [3.63, 3.8) is 0 Å². The Morgan fingerprint density at radius 1 is 1.45 bits per heavy atom. The molecule has 0 radical (unpaired) electrons. The van der Waals surface area contributed by atoms with Gasteiger partial charge < -0.3 is 15.8 Å². The zero-order valence-corrected chi connectivity index (χ0v) is 11.9. The molecule has 1 heterocycles. The largest absolute Gasteiger partial charge is 0.386 e. The van der Waals surface area contributed by atoms with Crippen LogP contribution >= 0.6 is 11.6 Å². The first kappa shape index (κ1) is 15.1. The normalized spacial score (nSPS) is 23.6. The number of hydrogen-bond donors (Lipinski definition) is 4. The topological polar surface area (TPSA) is 97.7 Å². The SMILES string of the molecule is NN/N=C(\N)CC1CNC(Cc2ccc(Cl)cc2)CO1. The molecular weight excluding hydrogens is 278 g/mol. The molecule has 1 aromatic rings. The van der Waals surface area contributed by atoms with Gasteiger partial charge in [-0.3, -0.25) is 0 Å². The number of benzene rings is 1. The van der Waals surface area contributed by atoms with E-state index in [-0.39, 0.29) is 6.10 Å². The van der Waals surface area contributed by atoms with E-state index in [1.54, 1.807) is 0 Å². The third-order valence-corrected chi connectivity index (χ3v) is 3.46. The Balaban J connectivity index is 1.76. The van der Waals surface area contributed by atoms with E-state index >= 15 is 0 Å². The van der Waals surface area contributed by atoms with Crippen LogP contribution < -0.4 is 22.4 Å². The lowest BCUT2D eigenvalue weighted by Gasteiger charge is -2.30. The van der Waals surface area contributed by atoms with Gasteiger partial charge in [0.1, 0.15) is 5.84 Å². The molecule has 1 aliphatic heterocycles. The first-order valence-electron chi connectivity index (χ1n) is 6.54. The fourth-order valence-electron chi connectivity index (χ4n) is 2.20. The van der Waals surface area contributed by atoms with Gasteiger partial charge in [0.25, 0.3) is 0 Å². The number of morpholine rings is 1. The van der Waals surface area contributed by atoms with Crippen molar-refractivity contribution in [3.8, 4) is 0 Å². The molecule has 110 valence electrons. The van der Waals surface area contributed by atoms with Crippen molar-refractivity contribution < 1.29 is 4.74 Å². The zero-order chi connectivity index (χ0) is 14.4. The van der Waals surface area contributed by atoms with Gasteiger partial charge >= 0.3 is 0 Å². The van der Waals surface area contributed by atoms with E-state index in [1.807, 2.05) is 24.3 Å². The minimum absolute atomic E-state index is 0.0357. The van der Waals surface area contributed by atoms with Crippen LogP contribution in [0.5, 0.6) is 0 Å². The number of nitrogens with one attached hydrogen (secondary N) is 2. The van der Waals surface area contributed by atoms with Gasteiger partial charge in [-0.15, -0.1) is 0 Å². The van der Waals surface area contributed by atoms with Crippen molar-refractivity contribution in [1.29, 1.82) is 0 Å². The van der Waals surface area contributed by atoms with E-state index in [0.29, 0.717) is 24.9 Å². The minimum Gasteiger partial charge on any atom is -0.386 e. The summed E-state index contributed by atoms with van der Waals surface area (Å²) in [6.45, 7) is 1.40. The number of nitrogens with zero attached hydrogens (tertiary/aromatic N) is 1. The predicted molar refractivity (Wildman–Crippen MR) is 80.2 cm³/mol. The summed E-state index contributed by atoms with van der Waals surface area (Å²) in [6.07, 6.45) is 1.51. The van der Waals surface area contributed by atoms with Gasteiger partial charge in [-0.05, 0) is 24.1 Å². The van der Waals surface area contributed by atoms with Gasteiger partial charge in [-0.2, -0.15) is 5.10 Å². The molecule has 0 aromatic heterocycles. The molecule has 1 saturated heterocycles. The molecule has 20 heavy (non-hydrogen) atoms. The predicted octanol–water partition coefficient (Wildman–Crippen LogP) is 0.365. The van der Waals surface area contributed by atoms with Crippen molar-refractivity contribution in [3.05, 3.63) is 34.9 Å². The number of hydrazone groups is 1. The molecule has 0 spiro atoms. The quantitative estimate of drug-likeness (QED) is 0.272. The number of rotatable bonds is 5. The molecule has 0 amide bonds. The molecule has 1 aromatic carbocycles. The number of ether oxygens (including phenoxy) is 1. The molecule has 1 fully saturated rings.